The Bertz CT molecular complexity index is 1010. The fourth-order valence-electron chi connectivity index (χ4n) is 5.45. The van der Waals surface area contributed by atoms with E-state index in [1.165, 1.54) is 0 Å². The fourth-order valence-corrected chi connectivity index (χ4v) is 5.45. The fraction of sp³-hybridized carbons (Fsp3) is 0.517. The van der Waals surface area contributed by atoms with Gasteiger partial charge in [-0.1, -0.05) is 68.0 Å². The summed E-state index contributed by atoms with van der Waals surface area (Å²) in [6.45, 7) is 2.02. The molecular formula is C29H38N4O3. The third kappa shape index (κ3) is 6.93. The average Bonchev–Trinajstić information content (AvgIpc) is 3.40. The van der Waals surface area contributed by atoms with Crippen molar-refractivity contribution in [3.8, 4) is 0 Å². The van der Waals surface area contributed by atoms with Gasteiger partial charge in [-0.2, -0.15) is 0 Å². The topological polar surface area (TPSA) is 91.4 Å². The zero-order chi connectivity index (χ0) is 25.3. The first-order valence-electron chi connectivity index (χ1n) is 13.4. The summed E-state index contributed by atoms with van der Waals surface area (Å²) in [5.41, 5.74) is 1.93. The summed E-state index contributed by atoms with van der Waals surface area (Å²) < 4.78 is 0. The lowest BCUT2D eigenvalue weighted by Crippen LogP contribution is -2.50. The summed E-state index contributed by atoms with van der Waals surface area (Å²) >= 11 is 0. The molecule has 3 amide bonds. The average molecular weight is 491 g/mol. The Morgan fingerprint density at radius 1 is 0.917 bits per heavy atom. The Hall–Kier alpha value is -3.22. The predicted octanol–water partition coefficient (Wildman–Crippen LogP) is 5.07. The summed E-state index contributed by atoms with van der Waals surface area (Å²) in [6.07, 6.45) is 10.9. The third-order valence-corrected chi connectivity index (χ3v) is 7.38. The van der Waals surface area contributed by atoms with E-state index < -0.39 is 6.04 Å². The minimum Gasteiger partial charge on any atom is -0.351 e. The number of nitrogens with zero attached hydrogens (tertiary/aromatic N) is 2. The van der Waals surface area contributed by atoms with Crippen LogP contribution < -0.4 is 10.6 Å². The van der Waals surface area contributed by atoms with Crippen LogP contribution in [0, 0.1) is 6.92 Å². The van der Waals surface area contributed by atoms with E-state index in [1.807, 2.05) is 36.1 Å². The standard InChI is InChI=1S/C29H38N4O3/c1-21-14-16-22(17-15-21)28(29(36)31-23-9-5-6-10-23)33(24-11-3-2-4-12-24)27(35)19-18-26(34)32-25-13-7-8-20-30-25/h7-8,13-17,20,23-24,28H,2-6,9-12,18-19H2,1H3,(H,31,36)(H,30,32,34)/t28-/m1/s1. The molecule has 7 nitrogen and oxygen atoms in total. The number of carbonyl (C=O) groups is 3. The first kappa shape index (κ1) is 25.9. The molecule has 0 spiro atoms. The molecule has 192 valence electrons. The highest BCUT2D eigenvalue weighted by atomic mass is 16.2. The molecular weight excluding hydrogens is 452 g/mol. The molecule has 4 rings (SSSR count). The van der Waals surface area contributed by atoms with Gasteiger partial charge in [-0.3, -0.25) is 14.4 Å². The van der Waals surface area contributed by atoms with E-state index in [-0.39, 0.29) is 42.6 Å². The van der Waals surface area contributed by atoms with Crippen LogP contribution in [0.2, 0.25) is 0 Å². The maximum Gasteiger partial charge on any atom is 0.247 e. The zero-order valence-electron chi connectivity index (χ0n) is 21.2. The molecule has 0 saturated heterocycles. The van der Waals surface area contributed by atoms with Crippen LogP contribution in [0.1, 0.15) is 87.8 Å². The van der Waals surface area contributed by atoms with Crippen LogP contribution in [0.25, 0.3) is 0 Å². The first-order chi connectivity index (χ1) is 17.5. The second kappa shape index (κ2) is 12.7. The van der Waals surface area contributed by atoms with Crippen LogP contribution in [0.4, 0.5) is 5.82 Å². The van der Waals surface area contributed by atoms with Crippen molar-refractivity contribution in [3.63, 3.8) is 0 Å². The minimum absolute atomic E-state index is 0.00858. The molecule has 2 aliphatic carbocycles. The monoisotopic (exact) mass is 490 g/mol. The van der Waals surface area contributed by atoms with Crippen LogP contribution in [0.5, 0.6) is 0 Å². The molecule has 2 aromatic rings. The smallest absolute Gasteiger partial charge is 0.247 e. The number of nitrogens with one attached hydrogen (secondary N) is 2. The number of pyridine rings is 1. The van der Waals surface area contributed by atoms with Crippen LogP contribution in [-0.2, 0) is 14.4 Å². The van der Waals surface area contributed by atoms with Crippen molar-refractivity contribution in [1.29, 1.82) is 0 Å². The molecule has 0 aliphatic heterocycles. The molecule has 1 aromatic carbocycles. The number of carbonyl (C=O) groups excluding carboxylic acids is 3. The van der Waals surface area contributed by atoms with Gasteiger partial charge in [0.1, 0.15) is 11.9 Å². The molecule has 36 heavy (non-hydrogen) atoms. The van der Waals surface area contributed by atoms with E-state index in [4.69, 9.17) is 0 Å². The molecule has 1 heterocycles. The van der Waals surface area contributed by atoms with E-state index in [9.17, 15) is 14.4 Å². The second-order valence-electron chi connectivity index (χ2n) is 10.2. The number of aromatic nitrogens is 1. The number of amides is 3. The van der Waals surface area contributed by atoms with Crippen LogP contribution in [0.15, 0.2) is 48.7 Å². The Kier molecular flexibility index (Phi) is 9.09. The largest absolute Gasteiger partial charge is 0.351 e. The molecule has 2 fully saturated rings. The predicted molar refractivity (Wildman–Crippen MR) is 140 cm³/mol. The quantitative estimate of drug-likeness (QED) is 0.513. The van der Waals surface area contributed by atoms with Crippen molar-refractivity contribution in [2.75, 3.05) is 5.32 Å². The van der Waals surface area contributed by atoms with Gasteiger partial charge in [0.25, 0.3) is 0 Å². The second-order valence-corrected chi connectivity index (χ2v) is 10.2. The molecule has 0 radical (unpaired) electrons. The number of anilines is 1. The SMILES string of the molecule is Cc1ccc([C@H](C(=O)NC2CCCC2)N(C(=O)CCC(=O)Nc2ccccn2)C2CCCCC2)cc1. The third-order valence-electron chi connectivity index (χ3n) is 7.38. The maximum absolute atomic E-state index is 13.8. The van der Waals surface area contributed by atoms with Crippen LogP contribution in [0.3, 0.4) is 0 Å². The highest BCUT2D eigenvalue weighted by molar-refractivity contribution is 5.94. The number of aryl methyl sites for hydroxylation is 1. The van der Waals surface area contributed by atoms with E-state index in [1.54, 1.807) is 24.4 Å². The molecule has 1 aromatic heterocycles. The Morgan fingerprint density at radius 2 is 1.61 bits per heavy atom. The van der Waals surface area contributed by atoms with Crippen molar-refractivity contribution in [2.24, 2.45) is 0 Å². The summed E-state index contributed by atoms with van der Waals surface area (Å²) in [4.78, 5) is 46.0. The van der Waals surface area contributed by atoms with Gasteiger partial charge in [0.05, 0.1) is 0 Å². The van der Waals surface area contributed by atoms with Crippen molar-refractivity contribution in [1.82, 2.24) is 15.2 Å². The van der Waals surface area contributed by atoms with E-state index in [2.05, 4.69) is 15.6 Å². The maximum atomic E-state index is 13.8. The summed E-state index contributed by atoms with van der Waals surface area (Å²) in [7, 11) is 0. The Morgan fingerprint density at radius 3 is 2.28 bits per heavy atom. The van der Waals surface area contributed by atoms with Crippen molar-refractivity contribution >= 4 is 23.5 Å². The van der Waals surface area contributed by atoms with Crippen LogP contribution >= 0.6 is 0 Å². The lowest BCUT2D eigenvalue weighted by atomic mass is 9.90. The Balaban J connectivity index is 1.55. The summed E-state index contributed by atoms with van der Waals surface area (Å²) in [5.74, 6) is -0.0478. The van der Waals surface area contributed by atoms with Gasteiger partial charge in [0, 0.05) is 31.1 Å². The van der Waals surface area contributed by atoms with Gasteiger partial charge in [-0.15, -0.1) is 0 Å². The van der Waals surface area contributed by atoms with E-state index in [0.717, 1.165) is 68.9 Å². The van der Waals surface area contributed by atoms with Crippen molar-refractivity contribution < 1.29 is 14.4 Å². The van der Waals surface area contributed by atoms with E-state index in [0.29, 0.717) is 5.82 Å². The summed E-state index contributed by atoms with van der Waals surface area (Å²) in [5, 5.41) is 6.00. The van der Waals surface area contributed by atoms with Crippen molar-refractivity contribution in [2.45, 2.75) is 95.7 Å². The molecule has 1 atom stereocenters. The van der Waals surface area contributed by atoms with Crippen LogP contribution in [-0.4, -0.2) is 39.7 Å². The van der Waals surface area contributed by atoms with Gasteiger partial charge in [-0.05, 0) is 50.3 Å². The first-order valence-corrected chi connectivity index (χ1v) is 13.4. The molecule has 2 saturated carbocycles. The number of hydrogen-bond acceptors (Lipinski definition) is 4. The lowest BCUT2D eigenvalue weighted by Gasteiger charge is -2.40. The van der Waals surface area contributed by atoms with E-state index >= 15 is 0 Å². The number of hydrogen-bond donors (Lipinski definition) is 2. The zero-order valence-corrected chi connectivity index (χ0v) is 21.2. The normalized spacial score (nSPS) is 17.4. The minimum atomic E-state index is -0.694. The number of benzene rings is 1. The molecule has 2 N–H and O–H groups in total. The molecule has 7 heteroatoms. The molecule has 0 unspecified atom stereocenters. The van der Waals surface area contributed by atoms with Crippen molar-refractivity contribution in [3.05, 3.63) is 59.8 Å². The van der Waals surface area contributed by atoms with Gasteiger partial charge in [0.2, 0.25) is 17.7 Å². The highest BCUT2D eigenvalue weighted by Crippen LogP contribution is 2.32. The van der Waals surface area contributed by atoms with Gasteiger partial charge in [-0.25, -0.2) is 4.98 Å². The Labute approximate surface area is 214 Å². The summed E-state index contributed by atoms with van der Waals surface area (Å²) in [6, 6.07) is 12.7. The number of rotatable bonds is 9. The molecule has 0 bridgehead atoms. The van der Waals surface area contributed by atoms with Gasteiger partial charge < -0.3 is 15.5 Å². The highest BCUT2D eigenvalue weighted by Gasteiger charge is 2.37. The lowest BCUT2D eigenvalue weighted by molar-refractivity contribution is -0.145. The molecule has 2 aliphatic rings. The van der Waals surface area contributed by atoms with Gasteiger partial charge in [0.15, 0.2) is 0 Å². The van der Waals surface area contributed by atoms with Gasteiger partial charge >= 0.3 is 0 Å².